The zero-order valence-corrected chi connectivity index (χ0v) is 11.9. The number of hydrogen-bond acceptors (Lipinski definition) is 1. The van der Waals surface area contributed by atoms with Crippen LogP contribution in [0.1, 0.15) is 15.9 Å². The lowest BCUT2D eigenvalue weighted by Gasteiger charge is -2.09. The van der Waals surface area contributed by atoms with E-state index >= 15 is 0 Å². The average molecular weight is 362 g/mol. The molecule has 2 rings (SSSR count). The van der Waals surface area contributed by atoms with Crippen LogP contribution in [0.4, 0.5) is 23.2 Å². The molecule has 0 aromatic heterocycles. The number of amides is 1. The molecule has 0 aliphatic carbocycles. The third-order valence-corrected chi connectivity index (χ3v) is 3.29. The van der Waals surface area contributed by atoms with E-state index in [4.69, 9.17) is 0 Å². The lowest BCUT2D eigenvalue weighted by atomic mass is 10.1. The summed E-state index contributed by atoms with van der Waals surface area (Å²) in [4.78, 5) is 11.8. The van der Waals surface area contributed by atoms with Crippen molar-refractivity contribution in [3.05, 3.63) is 63.9 Å². The van der Waals surface area contributed by atoms with E-state index in [1.54, 1.807) is 0 Å². The van der Waals surface area contributed by atoms with Gasteiger partial charge in [0.25, 0.3) is 5.91 Å². The van der Waals surface area contributed by atoms with E-state index in [1.807, 2.05) is 0 Å². The molecule has 2 aromatic carbocycles. The Morgan fingerprint density at radius 3 is 2.19 bits per heavy atom. The maximum Gasteiger partial charge on any atom is 0.416 e. The fourth-order valence-electron chi connectivity index (χ4n) is 1.58. The summed E-state index contributed by atoms with van der Waals surface area (Å²) in [5.74, 6) is -1.21. The molecule has 0 bridgehead atoms. The number of anilines is 1. The maximum atomic E-state index is 13.3. The molecule has 0 aliphatic rings. The van der Waals surface area contributed by atoms with Crippen LogP contribution < -0.4 is 5.32 Å². The summed E-state index contributed by atoms with van der Waals surface area (Å²) >= 11 is 2.96. The summed E-state index contributed by atoms with van der Waals surface area (Å²) in [7, 11) is 0. The summed E-state index contributed by atoms with van der Waals surface area (Å²) in [6.07, 6.45) is -4.43. The van der Waals surface area contributed by atoms with Crippen molar-refractivity contribution in [3.8, 4) is 0 Å². The van der Waals surface area contributed by atoms with Gasteiger partial charge in [0, 0.05) is 11.3 Å². The van der Waals surface area contributed by atoms with E-state index in [1.165, 1.54) is 12.1 Å². The molecular weight excluding hydrogens is 354 g/mol. The van der Waals surface area contributed by atoms with Crippen molar-refractivity contribution in [1.82, 2.24) is 0 Å². The first-order chi connectivity index (χ1) is 9.77. The maximum absolute atomic E-state index is 13.3. The Morgan fingerprint density at radius 2 is 1.67 bits per heavy atom. The number of carbonyl (C=O) groups excluding carboxylic acids is 1. The molecule has 1 amide bonds. The van der Waals surface area contributed by atoms with Gasteiger partial charge in [-0.2, -0.15) is 13.2 Å². The van der Waals surface area contributed by atoms with Gasteiger partial charge >= 0.3 is 6.18 Å². The van der Waals surface area contributed by atoms with Gasteiger partial charge in [0.15, 0.2) is 0 Å². The van der Waals surface area contributed by atoms with Crippen molar-refractivity contribution in [1.29, 1.82) is 0 Å². The van der Waals surface area contributed by atoms with Crippen molar-refractivity contribution in [2.45, 2.75) is 6.18 Å². The molecule has 110 valence electrons. The second-order valence-electron chi connectivity index (χ2n) is 4.16. The topological polar surface area (TPSA) is 29.1 Å². The smallest absolute Gasteiger partial charge is 0.322 e. The molecule has 0 aliphatic heterocycles. The van der Waals surface area contributed by atoms with E-state index in [0.717, 1.165) is 30.3 Å². The Hall–Kier alpha value is -1.89. The van der Waals surface area contributed by atoms with Crippen LogP contribution in [0.15, 0.2) is 46.9 Å². The minimum absolute atomic E-state index is 0.0654. The summed E-state index contributed by atoms with van der Waals surface area (Å²) in [5.41, 5.74) is -0.554. The van der Waals surface area contributed by atoms with E-state index in [-0.39, 0.29) is 15.7 Å². The predicted molar refractivity (Wildman–Crippen MR) is 73.5 cm³/mol. The van der Waals surface area contributed by atoms with Crippen molar-refractivity contribution in [2.24, 2.45) is 0 Å². The summed E-state index contributed by atoms with van der Waals surface area (Å²) in [6, 6.07) is 7.79. The van der Waals surface area contributed by atoms with Crippen LogP contribution in [0.3, 0.4) is 0 Å². The van der Waals surface area contributed by atoms with Crippen molar-refractivity contribution >= 4 is 27.5 Å². The van der Waals surface area contributed by atoms with Gasteiger partial charge < -0.3 is 5.32 Å². The lowest BCUT2D eigenvalue weighted by Crippen LogP contribution is -2.12. The van der Waals surface area contributed by atoms with Crippen LogP contribution in [0.25, 0.3) is 0 Å². The Labute approximate surface area is 125 Å². The van der Waals surface area contributed by atoms with Gasteiger partial charge in [0.2, 0.25) is 0 Å². The highest BCUT2D eigenvalue weighted by molar-refractivity contribution is 9.10. The summed E-state index contributed by atoms with van der Waals surface area (Å²) in [6.45, 7) is 0. The molecular formula is C14H8BrF4NO. The number of rotatable bonds is 2. The Balaban J connectivity index is 2.14. The van der Waals surface area contributed by atoms with E-state index in [2.05, 4.69) is 21.2 Å². The highest BCUT2D eigenvalue weighted by atomic mass is 79.9. The largest absolute Gasteiger partial charge is 0.416 e. The fraction of sp³-hybridized carbons (Fsp3) is 0.0714. The molecule has 0 heterocycles. The highest BCUT2D eigenvalue weighted by Crippen LogP contribution is 2.29. The predicted octanol–water partition coefficient (Wildman–Crippen LogP) is 4.86. The fourth-order valence-corrected chi connectivity index (χ4v) is 1.83. The molecule has 2 aromatic rings. The molecule has 21 heavy (non-hydrogen) atoms. The lowest BCUT2D eigenvalue weighted by molar-refractivity contribution is -0.137. The number of alkyl halides is 3. The van der Waals surface area contributed by atoms with E-state index in [0.29, 0.717) is 0 Å². The van der Waals surface area contributed by atoms with Crippen molar-refractivity contribution < 1.29 is 22.4 Å². The molecule has 0 radical (unpaired) electrons. The Kier molecular flexibility index (Phi) is 4.32. The zero-order chi connectivity index (χ0) is 15.6. The van der Waals surface area contributed by atoms with Crippen LogP contribution in [-0.2, 0) is 6.18 Å². The van der Waals surface area contributed by atoms with Crippen LogP contribution in [0, 0.1) is 5.82 Å². The van der Waals surface area contributed by atoms with Gasteiger partial charge in [0.05, 0.1) is 10.0 Å². The minimum atomic E-state index is -4.43. The molecule has 0 unspecified atom stereocenters. The Bertz CT molecular complexity index is 668. The first-order valence-electron chi connectivity index (χ1n) is 5.71. The SMILES string of the molecule is O=C(Nc1ccc(C(F)(F)F)cc1)c1ccc(Br)c(F)c1. The quantitative estimate of drug-likeness (QED) is 0.760. The first kappa shape index (κ1) is 15.5. The molecule has 2 nitrogen and oxygen atoms in total. The van der Waals surface area contributed by atoms with Crippen molar-refractivity contribution in [3.63, 3.8) is 0 Å². The number of benzene rings is 2. The second-order valence-corrected chi connectivity index (χ2v) is 5.01. The number of carbonyl (C=O) groups is 1. The number of nitrogens with one attached hydrogen (secondary N) is 1. The molecule has 0 atom stereocenters. The molecule has 7 heteroatoms. The van der Waals surface area contributed by atoms with Gasteiger partial charge in [-0.05, 0) is 58.4 Å². The highest BCUT2D eigenvalue weighted by Gasteiger charge is 2.29. The van der Waals surface area contributed by atoms with E-state index < -0.39 is 23.5 Å². The number of hydrogen-bond donors (Lipinski definition) is 1. The molecule has 0 saturated heterocycles. The summed E-state index contributed by atoms with van der Waals surface area (Å²) in [5, 5.41) is 2.40. The third kappa shape index (κ3) is 3.81. The monoisotopic (exact) mass is 361 g/mol. The normalized spacial score (nSPS) is 11.3. The summed E-state index contributed by atoms with van der Waals surface area (Å²) < 4.78 is 50.7. The van der Waals surface area contributed by atoms with Crippen molar-refractivity contribution in [2.75, 3.05) is 5.32 Å². The van der Waals surface area contributed by atoms with Gasteiger partial charge in [-0.1, -0.05) is 0 Å². The van der Waals surface area contributed by atoms with Gasteiger partial charge in [-0.15, -0.1) is 0 Å². The molecule has 0 saturated carbocycles. The van der Waals surface area contributed by atoms with Crippen LogP contribution in [0.2, 0.25) is 0 Å². The van der Waals surface area contributed by atoms with Crippen LogP contribution in [-0.4, -0.2) is 5.91 Å². The third-order valence-electron chi connectivity index (χ3n) is 2.65. The molecule has 0 fully saturated rings. The van der Waals surface area contributed by atoms with Gasteiger partial charge in [-0.3, -0.25) is 4.79 Å². The second kappa shape index (κ2) is 5.85. The standard InChI is InChI=1S/C14H8BrF4NO/c15-11-6-1-8(7-12(11)16)13(21)20-10-4-2-9(3-5-10)14(17,18)19/h1-7H,(H,20,21). The van der Waals surface area contributed by atoms with Gasteiger partial charge in [-0.25, -0.2) is 4.39 Å². The van der Waals surface area contributed by atoms with Gasteiger partial charge in [0.1, 0.15) is 5.82 Å². The molecule has 0 spiro atoms. The molecule has 1 N–H and O–H groups in total. The first-order valence-corrected chi connectivity index (χ1v) is 6.50. The zero-order valence-electron chi connectivity index (χ0n) is 10.3. The minimum Gasteiger partial charge on any atom is -0.322 e. The number of halogens is 5. The van der Waals surface area contributed by atoms with Crippen LogP contribution in [0.5, 0.6) is 0 Å². The van der Waals surface area contributed by atoms with Crippen LogP contribution >= 0.6 is 15.9 Å². The Morgan fingerprint density at radius 1 is 1.05 bits per heavy atom. The average Bonchev–Trinajstić information content (AvgIpc) is 2.41. The van der Waals surface area contributed by atoms with E-state index in [9.17, 15) is 22.4 Å².